The molecule has 102 valence electrons. The zero-order valence-electron chi connectivity index (χ0n) is 10.1. The van der Waals surface area contributed by atoms with Gasteiger partial charge in [0.25, 0.3) is 10.0 Å². The van der Waals surface area contributed by atoms with Crippen LogP contribution < -0.4 is 0 Å². The highest BCUT2D eigenvalue weighted by atomic mass is 127. The smallest absolute Gasteiger partial charge is 0.241 e. The molecule has 0 aliphatic heterocycles. The van der Waals surface area contributed by atoms with Crippen LogP contribution >= 0.6 is 22.6 Å². The molecular formula is C14H9FINO2S. The second-order valence-electron chi connectivity index (χ2n) is 4.22. The molecule has 0 bridgehead atoms. The van der Waals surface area contributed by atoms with Crippen LogP contribution in [0.15, 0.2) is 59.6 Å². The van der Waals surface area contributed by atoms with E-state index in [4.69, 9.17) is 0 Å². The van der Waals surface area contributed by atoms with Gasteiger partial charge in [0.05, 0.1) is 14.0 Å². The zero-order chi connectivity index (χ0) is 14.3. The summed E-state index contributed by atoms with van der Waals surface area (Å²) in [5.41, 5.74) is 0.472. The monoisotopic (exact) mass is 401 g/mol. The van der Waals surface area contributed by atoms with Crippen LogP contribution in [0.1, 0.15) is 0 Å². The highest BCUT2D eigenvalue weighted by molar-refractivity contribution is 14.1. The molecule has 2 aromatic carbocycles. The minimum absolute atomic E-state index is 0.205. The van der Waals surface area contributed by atoms with Crippen LogP contribution in [0.25, 0.3) is 10.9 Å². The van der Waals surface area contributed by atoms with E-state index < -0.39 is 10.0 Å². The molecule has 0 saturated carbocycles. The van der Waals surface area contributed by atoms with Crippen LogP contribution in [0, 0.1) is 9.39 Å². The van der Waals surface area contributed by atoms with E-state index in [1.807, 2.05) is 22.6 Å². The first-order valence-electron chi connectivity index (χ1n) is 5.77. The molecule has 0 aliphatic rings. The number of fused-ring (bicyclic) bond motifs is 1. The van der Waals surface area contributed by atoms with Crippen molar-refractivity contribution in [3.05, 3.63) is 64.1 Å². The van der Waals surface area contributed by atoms with Crippen molar-refractivity contribution in [2.75, 3.05) is 0 Å². The maximum Gasteiger partial charge on any atom is 0.268 e. The Hall–Kier alpha value is -1.41. The Morgan fingerprint density at radius 3 is 2.40 bits per heavy atom. The molecule has 0 spiro atoms. The standard InChI is InChI=1S/C14H9FINO2S/c15-12-6-7-13-11(14(12)16)8-9-17(13)20(18,19)10-4-2-1-3-5-10/h1-9H. The molecular weight excluding hydrogens is 392 g/mol. The van der Waals surface area contributed by atoms with Gasteiger partial charge in [0.2, 0.25) is 0 Å². The predicted molar refractivity (Wildman–Crippen MR) is 83.6 cm³/mol. The Bertz CT molecular complexity index is 888. The van der Waals surface area contributed by atoms with Crippen LogP contribution in [0.5, 0.6) is 0 Å². The van der Waals surface area contributed by atoms with Gasteiger partial charge in [-0.25, -0.2) is 16.8 Å². The Labute approximate surface area is 129 Å². The number of hydrogen-bond donors (Lipinski definition) is 0. The lowest BCUT2D eigenvalue weighted by atomic mass is 10.2. The van der Waals surface area contributed by atoms with Gasteiger partial charge in [-0.1, -0.05) is 18.2 Å². The summed E-state index contributed by atoms with van der Waals surface area (Å²) in [5, 5.41) is 0.588. The second-order valence-corrected chi connectivity index (χ2v) is 7.12. The first-order chi connectivity index (χ1) is 9.51. The molecule has 0 fully saturated rings. The van der Waals surface area contributed by atoms with Gasteiger partial charge < -0.3 is 0 Å². The van der Waals surface area contributed by atoms with Crippen molar-refractivity contribution >= 4 is 43.5 Å². The average molecular weight is 401 g/mol. The van der Waals surface area contributed by atoms with Gasteiger partial charge in [-0.2, -0.15) is 0 Å². The van der Waals surface area contributed by atoms with E-state index in [-0.39, 0.29) is 10.7 Å². The Morgan fingerprint density at radius 1 is 1.00 bits per heavy atom. The number of nitrogens with zero attached hydrogens (tertiary/aromatic N) is 1. The Kier molecular flexibility index (Phi) is 3.29. The molecule has 1 heterocycles. The van der Waals surface area contributed by atoms with E-state index in [0.717, 1.165) is 0 Å². The van der Waals surface area contributed by atoms with Crippen molar-refractivity contribution in [3.8, 4) is 0 Å². The molecule has 0 unspecified atom stereocenters. The quantitative estimate of drug-likeness (QED) is 0.616. The van der Waals surface area contributed by atoms with Crippen LogP contribution in [0.2, 0.25) is 0 Å². The van der Waals surface area contributed by atoms with Crippen molar-refractivity contribution < 1.29 is 12.8 Å². The largest absolute Gasteiger partial charge is 0.268 e. The van der Waals surface area contributed by atoms with E-state index in [9.17, 15) is 12.8 Å². The molecule has 6 heteroatoms. The van der Waals surface area contributed by atoms with Gasteiger partial charge in [0.1, 0.15) is 5.82 Å². The molecule has 0 atom stereocenters. The Balaban J connectivity index is 2.29. The van der Waals surface area contributed by atoms with Crippen LogP contribution in [-0.2, 0) is 10.0 Å². The van der Waals surface area contributed by atoms with Gasteiger partial charge in [0, 0.05) is 11.6 Å². The SMILES string of the molecule is O=S(=O)(c1ccccc1)n1ccc2c(I)c(F)ccc21. The third-order valence-electron chi connectivity index (χ3n) is 3.02. The van der Waals surface area contributed by atoms with Crippen molar-refractivity contribution in [2.45, 2.75) is 4.90 Å². The fourth-order valence-electron chi connectivity index (χ4n) is 2.05. The molecule has 0 N–H and O–H groups in total. The van der Waals surface area contributed by atoms with Crippen molar-refractivity contribution in [1.29, 1.82) is 0 Å². The second kappa shape index (κ2) is 4.85. The van der Waals surface area contributed by atoms with E-state index in [0.29, 0.717) is 14.5 Å². The maximum atomic E-state index is 13.5. The van der Waals surface area contributed by atoms with Crippen LogP contribution in [0.3, 0.4) is 0 Å². The normalized spacial score (nSPS) is 11.9. The molecule has 0 saturated heterocycles. The number of halogens is 2. The molecule has 3 nitrogen and oxygen atoms in total. The molecule has 3 rings (SSSR count). The summed E-state index contributed by atoms with van der Waals surface area (Å²) in [4.78, 5) is 0.205. The summed E-state index contributed by atoms with van der Waals surface area (Å²) in [6.07, 6.45) is 1.45. The number of benzene rings is 2. The average Bonchev–Trinajstić information content (AvgIpc) is 2.89. The minimum atomic E-state index is -3.66. The maximum absolute atomic E-state index is 13.5. The van der Waals surface area contributed by atoms with E-state index in [1.165, 1.54) is 34.4 Å². The van der Waals surface area contributed by atoms with Gasteiger partial charge in [0.15, 0.2) is 0 Å². The lowest BCUT2D eigenvalue weighted by molar-refractivity contribution is 0.589. The first-order valence-corrected chi connectivity index (χ1v) is 8.29. The third kappa shape index (κ3) is 2.03. The van der Waals surface area contributed by atoms with Crippen LogP contribution in [0.4, 0.5) is 4.39 Å². The summed E-state index contributed by atoms with van der Waals surface area (Å²) in [7, 11) is -3.66. The fraction of sp³-hybridized carbons (Fsp3) is 0. The summed E-state index contributed by atoms with van der Waals surface area (Å²) in [6, 6.07) is 12.5. The number of aromatic nitrogens is 1. The van der Waals surface area contributed by atoms with E-state index in [1.54, 1.807) is 24.3 Å². The predicted octanol–water partition coefficient (Wildman–Crippen LogP) is 3.62. The molecule has 0 amide bonds. The van der Waals surface area contributed by atoms with Gasteiger partial charge >= 0.3 is 0 Å². The number of hydrogen-bond acceptors (Lipinski definition) is 2. The molecule has 0 radical (unpaired) electrons. The lowest BCUT2D eigenvalue weighted by Crippen LogP contribution is -2.11. The highest BCUT2D eigenvalue weighted by Crippen LogP contribution is 2.27. The molecule has 20 heavy (non-hydrogen) atoms. The summed E-state index contributed by atoms with van der Waals surface area (Å²) in [5.74, 6) is -0.354. The van der Waals surface area contributed by atoms with E-state index >= 15 is 0 Å². The van der Waals surface area contributed by atoms with Gasteiger partial charge in [-0.3, -0.25) is 0 Å². The van der Waals surface area contributed by atoms with Crippen LogP contribution in [-0.4, -0.2) is 12.4 Å². The van der Waals surface area contributed by atoms with Gasteiger partial charge in [-0.15, -0.1) is 0 Å². The third-order valence-corrected chi connectivity index (χ3v) is 5.82. The van der Waals surface area contributed by atoms with E-state index in [2.05, 4.69) is 0 Å². The van der Waals surface area contributed by atoms with Gasteiger partial charge in [-0.05, 0) is 52.9 Å². The van der Waals surface area contributed by atoms with Crippen molar-refractivity contribution in [1.82, 2.24) is 3.97 Å². The number of rotatable bonds is 2. The van der Waals surface area contributed by atoms with Crippen molar-refractivity contribution in [2.24, 2.45) is 0 Å². The molecule has 3 aromatic rings. The first kappa shape index (κ1) is 13.6. The summed E-state index contributed by atoms with van der Waals surface area (Å²) >= 11 is 1.88. The zero-order valence-corrected chi connectivity index (χ0v) is 13.1. The topological polar surface area (TPSA) is 39.1 Å². The Morgan fingerprint density at radius 2 is 1.70 bits per heavy atom. The molecule has 0 aliphatic carbocycles. The lowest BCUT2D eigenvalue weighted by Gasteiger charge is -2.07. The summed E-state index contributed by atoms with van der Waals surface area (Å²) in [6.45, 7) is 0. The minimum Gasteiger partial charge on any atom is -0.241 e. The highest BCUT2D eigenvalue weighted by Gasteiger charge is 2.19. The summed E-state index contributed by atoms with van der Waals surface area (Å²) < 4.78 is 40.3. The molecule has 1 aromatic heterocycles. The fourth-order valence-corrected chi connectivity index (χ4v) is 4.05. The van der Waals surface area contributed by atoms with Crippen molar-refractivity contribution in [3.63, 3.8) is 0 Å².